The van der Waals surface area contributed by atoms with Gasteiger partial charge in [-0.1, -0.05) is 6.07 Å². The summed E-state index contributed by atoms with van der Waals surface area (Å²) in [5.41, 5.74) is 7.71. The molecule has 2 atom stereocenters. The van der Waals surface area contributed by atoms with Crippen molar-refractivity contribution >= 4 is 0 Å². The van der Waals surface area contributed by atoms with Crippen LogP contribution < -0.4 is 10.5 Å². The third kappa shape index (κ3) is 3.12. The van der Waals surface area contributed by atoms with Crippen LogP contribution in [0.15, 0.2) is 30.6 Å². The second-order valence-electron chi connectivity index (χ2n) is 4.75. The van der Waals surface area contributed by atoms with E-state index in [0.29, 0.717) is 5.75 Å². The van der Waals surface area contributed by atoms with Crippen molar-refractivity contribution in [3.05, 3.63) is 47.5 Å². The van der Waals surface area contributed by atoms with Crippen LogP contribution in [-0.2, 0) is 7.05 Å². The molecule has 0 spiro atoms. The second-order valence-corrected chi connectivity index (χ2v) is 4.75. The molecule has 4 nitrogen and oxygen atoms in total. The van der Waals surface area contributed by atoms with Gasteiger partial charge in [-0.2, -0.15) is 5.10 Å². The van der Waals surface area contributed by atoms with Gasteiger partial charge in [-0.05, 0) is 25.5 Å². The molecular weight excluding hydrogens is 245 g/mol. The number of benzene rings is 1. The molecule has 0 fully saturated rings. The first-order chi connectivity index (χ1) is 8.97. The lowest BCUT2D eigenvalue weighted by Crippen LogP contribution is -2.29. The lowest BCUT2D eigenvalue weighted by atomic mass is 10.1. The summed E-state index contributed by atoms with van der Waals surface area (Å²) in [5, 5.41) is 4.11. The van der Waals surface area contributed by atoms with Gasteiger partial charge in [0.2, 0.25) is 0 Å². The molecule has 0 saturated heterocycles. The molecule has 1 aromatic carbocycles. The van der Waals surface area contributed by atoms with Crippen LogP contribution in [0, 0.1) is 12.7 Å². The minimum absolute atomic E-state index is 0.230. The first-order valence-electron chi connectivity index (χ1n) is 6.14. The van der Waals surface area contributed by atoms with E-state index in [1.165, 1.54) is 12.1 Å². The van der Waals surface area contributed by atoms with Gasteiger partial charge in [0.05, 0.1) is 6.20 Å². The summed E-state index contributed by atoms with van der Waals surface area (Å²) in [4.78, 5) is 0. The number of hydrogen-bond acceptors (Lipinski definition) is 3. The molecule has 102 valence electrons. The van der Waals surface area contributed by atoms with Gasteiger partial charge in [0.15, 0.2) is 0 Å². The van der Waals surface area contributed by atoms with Crippen molar-refractivity contribution in [2.75, 3.05) is 0 Å². The Labute approximate surface area is 112 Å². The maximum absolute atomic E-state index is 13.3. The largest absolute Gasteiger partial charge is 0.484 e. The normalized spacial score (nSPS) is 14.2. The molecule has 5 heteroatoms. The molecular formula is C14H18FN3O. The summed E-state index contributed by atoms with van der Waals surface area (Å²) in [6, 6.07) is 4.24. The number of hydrogen-bond donors (Lipinski definition) is 1. The molecule has 0 radical (unpaired) electrons. The summed E-state index contributed by atoms with van der Waals surface area (Å²) >= 11 is 0. The van der Waals surface area contributed by atoms with E-state index in [9.17, 15) is 4.39 Å². The van der Waals surface area contributed by atoms with Gasteiger partial charge in [0.25, 0.3) is 0 Å². The fourth-order valence-corrected chi connectivity index (χ4v) is 1.90. The zero-order valence-electron chi connectivity index (χ0n) is 11.3. The SMILES string of the molecule is Cc1ccc(F)cc1OC(c1cnn(C)c1)C(C)N. The predicted molar refractivity (Wildman–Crippen MR) is 71.4 cm³/mol. The zero-order valence-corrected chi connectivity index (χ0v) is 11.3. The van der Waals surface area contributed by atoms with Gasteiger partial charge in [0.1, 0.15) is 17.7 Å². The standard InChI is InChI=1S/C14H18FN3O/c1-9-4-5-12(15)6-13(9)19-14(10(2)16)11-7-17-18(3)8-11/h4-8,10,14H,16H2,1-3H3. The topological polar surface area (TPSA) is 53.1 Å². The van der Waals surface area contributed by atoms with E-state index < -0.39 is 0 Å². The van der Waals surface area contributed by atoms with Crippen molar-refractivity contribution in [1.29, 1.82) is 0 Å². The van der Waals surface area contributed by atoms with Crippen molar-refractivity contribution < 1.29 is 9.13 Å². The Morgan fingerprint density at radius 2 is 2.16 bits per heavy atom. The van der Waals surface area contributed by atoms with Gasteiger partial charge in [0, 0.05) is 30.9 Å². The minimum Gasteiger partial charge on any atom is -0.484 e. The van der Waals surface area contributed by atoms with Crippen LogP contribution in [0.4, 0.5) is 4.39 Å². The Bertz CT molecular complexity index is 566. The maximum Gasteiger partial charge on any atom is 0.141 e. The summed E-state index contributed by atoms with van der Waals surface area (Å²) in [6.45, 7) is 3.72. The van der Waals surface area contributed by atoms with Crippen molar-refractivity contribution in [1.82, 2.24) is 9.78 Å². The molecule has 0 bridgehead atoms. The average Bonchev–Trinajstić information content (AvgIpc) is 2.76. The van der Waals surface area contributed by atoms with Crippen LogP contribution in [-0.4, -0.2) is 15.8 Å². The molecule has 2 unspecified atom stereocenters. The molecule has 0 aliphatic heterocycles. The van der Waals surface area contributed by atoms with E-state index in [4.69, 9.17) is 10.5 Å². The summed E-state index contributed by atoms with van der Waals surface area (Å²) in [5.74, 6) is 0.182. The Kier molecular flexibility index (Phi) is 3.85. The number of halogens is 1. The summed E-state index contributed by atoms with van der Waals surface area (Å²) in [6.07, 6.45) is 3.21. The van der Waals surface area contributed by atoms with Crippen LogP contribution in [0.2, 0.25) is 0 Å². The number of aryl methyl sites for hydroxylation is 2. The van der Waals surface area contributed by atoms with Crippen LogP contribution in [0.25, 0.3) is 0 Å². The van der Waals surface area contributed by atoms with Crippen molar-refractivity contribution in [2.24, 2.45) is 12.8 Å². The van der Waals surface area contributed by atoms with Crippen LogP contribution in [0.1, 0.15) is 24.2 Å². The van der Waals surface area contributed by atoms with E-state index in [2.05, 4.69) is 5.10 Å². The quantitative estimate of drug-likeness (QED) is 0.921. The van der Waals surface area contributed by atoms with Crippen molar-refractivity contribution in [3.8, 4) is 5.75 Å². The van der Waals surface area contributed by atoms with E-state index >= 15 is 0 Å². The van der Waals surface area contributed by atoms with Crippen LogP contribution in [0.5, 0.6) is 5.75 Å². The maximum atomic E-state index is 13.3. The van der Waals surface area contributed by atoms with Gasteiger partial charge in [-0.25, -0.2) is 4.39 Å². The highest BCUT2D eigenvalue weighted by molar-refractivity contribution is 5.33. The number of nitrogens with zero attached hydrogens (tertiary/aromatic N) is 2. The molecule has 0 amide bonds. The molecule has 19 heavy (non-hydrogen) atoms. The van der Waals surface area contributed by atoms with Gasteiger partial charge < -0.3 is 10.5 Å². The number of ether oxygens (including phenoxy) is 1. The second kappa shape index (κ2) is 5.40. The first kappa shape index (κ1) is 13.5. The first-order valence-corrected chi connectivity index (χ1v) is 6.14. The molecule has 2 N–H and O–H groups in total. The Hall–Kier alpha value is -1.88. The molecule has 1 aromatic heterocycles. The lowest BCUT2D eigenvalue weighted by Gasteiger charge is -2.22. The highest BCUT2D eigenvalue weighted by Gasteiger charge is 2.20. The third-order valence-corrected chi connectivity index (χ3v) is 2.94. The van der Waals surface area contributed by atoms with E-state index in [0.717, 1.165) is 11.1 Å². The van der Waals surface area contributed by atoms with E-state index in [1.807, 2.05) is 27.1 Å². The molecule has 0 saturated carbocycles. The summed E-state index contributed by atoms with van der Waals surface area (Å²) < 4.78 is 20.8. The third-order valence-electron chi connectivity index (χ3n) is 2.94. The zero-order chi connectivity index (χ0) is 14.0. The number of nitrogens with two attached hydrogens (primary N) is 1. The minimum atomic E-state index is -0.353. The molecule has 0 aliphatic carbocycles. The van der Waals surface area contributed by atoms with Crippen LogP contribution >= 0.6 is 0 Å². The van der Waals surface area contributed by atoms with Crippen LogP contribution in [0.3, 0.4) is 0 Å². The van der Waals surface area contributed by atoms with Crippen molar-refractivity contribution in [2.45, 2.75) is 26.0 Å². The molecule has 2 aromatic rings. The molecule has 0 aliphatic rings. The molecule has 2 rings (SSSR count). The highest BCUT2D eigenvalue weighted by Crippen LogP contribution is 2.27. The number of aromatic nitrogens is 2. The predicted octanol–water partition coefficient (Wildman–Crippen LogP) is 2.33. The van der Waals surface area contributed by atoms with E-state index in [-0.39, 0.29) is 18.0 Å². The van der Waals surface area contributed by atoms with Crippen molar-refractivity contribution in [3.63, 3.8) is 0 Å². The monoisotopic (exact) mass is 263 g/mol. The Morgan fingerprint density at radius 1 is 1.42 bits per heavy atom. The Morgan fingerprint density at radius 3 is 2.74 bits per heavy atom. The van der Waals surface area contributed by atoms with Gasteiger partial charge >= 0.3 is 0 Å². The van der Waals surface area contributed by atoms with Gasteiger partial charge in [-0.3, -0.25) is 4.68 Å². The number of rotatable bonds is 4. The Balaban J connectivity index is 2.29. The highest BCUT2D eigenvalue weighted by atomic mass is 19.1. The smallest absolute Gasteiger partial charge is 0.141 e. The van der Waals surface area contributed by atoms with E-state index in [1.54, 1.807) is 16.9 Å². The molecule has 1 heterocycles. The fraction of sp³-hybridized carbons (Fsp3) is 0.357. The average molecular weight is 263 g/mol. The lowest BCUT2D eigenvalue weighted by molar-refractivity contribution is 0.178. The van der Waals surface area contributed by atoms with Gasteiger partial charge in [-0.15, -0.1) is 0 Å². The fourth-order valence-electron chi connectivity index (χ4n) is 1.90. The summed E-state index contributed by atoms with van der Waals surface area (Å²) in [7, 11) is 1.83.